The molecule has 96 valence electrons. The first-order valence-corrected chi connectivity index (χ1v) is 6.71. The smallest absolute Gasteiger partial charge is 0.209 e. The van der Waals surface area contributed by atoms with Crippen molar-refractivity contribution >= 4 is 29.5 Å². The molecule has 2 aromatic carbocycles. The van der Waals surface area contributed by atoms with Crippen LogP contribution in [0.2, 0.25) is 0 Å². The van der Waals surface area contributed by atoms with Gasteiger partial charge in [0.05, 0.1) is 5.69 Å². The molecule has 19 heavy (non-hydrogen) atoms. The van der Waals surface area contributed by atoms with E-state index in [1.807, 2.05) is 41.3 Å². The van der Waals surface area contributed by atoms with Crippen LogP contribution in [0.25, 0.3) is 0 Å². The van der Waals surface area contributed by atoms with Gasteiger partial charge in [0.1, 0.15) is 5.75 Å². The van der Waals surface area contributed by atoms with Crippen molar-refractivity contribution in [3.8, 4) is 5.75 Å². The van der Waals surface area contributed by atoms with Gasteiger partial charge in [0.25, 0.3) is 0 Å². The molecule has 0 bridgehead atoms. The summed E-state index contributed by atoms with van der Waals surface area (Å²) in [6.45, 7) is 0. The Labute approximate surface area is 115 Å². The molecule has 1 aliphatic rings. The number of carbonyl (C=O) groups is 1. The third-order valence-corrected chi connectivity index (χ3v) is 4.11. The molecule has 1 atom stereocenters. The minimum atomic E-state index is -0.167. The topological polar surface area (TPSA) is 52.6 Å². The molecule has 5 heteroatoms. The molecule has 0 saturated heterocycles. The fourth-order valence-electron chi connectivity index (χ4n) is 2.11. The van der Waals surface area contributed by atoms with E-state index >= 15 is 0 Å². The zero-order chi connectivity index (χ0) is 13.2. The number of hydrogen-bond donors (Lipinski definition) is 2. The van der Waals surface area contributed by atoms with E-state index in [0.717, 1.165) is 16.3 Å². The van der Waals surface area contributed by atoms with Gasteiger partial charge >= 0.3 is 0 Å². The summed E-state index contributed by atoms with van der Waals surface area (Å²) in [5.74, 6) is 0.226. The number of phenolic OH excluding ortho intramolecular Hbond substituents is 1. The van der Waals surface area contributed by atoms with Gasteiger partial charge in [-0.05, 0) is 36.4 Å². The number of anilines is 2. The van der Waals surface area contributed by atoms with Gasteiger partial charge in [-0.15, -0.1) is 0 Å². The molecule has 1 unspecified atom stereocenters. The summed E-state index contributed by atoms with van der Waals surface area (Å²) in [6, 6.07) is 14.9. The minimum Gasteiger partial charge on any atom is -0.508 e. The molecule has 3 rings (SSSR count). The number of nitrogens with zero attached hydrogens (tertiary/aromatic N) is 1. The maximum atomic E-state index is 10.8. The Morgan fingerprint density at radius 3 is 2.63 bits per heavy atom. The van der Waals surface area contributed by atoms with E-state index in [1.54, 1.807) is 23.9 Å². The largest absolute Gasteiger partial charge is 0.508 e. The zero-order valence-corrected chi connectivity index (χ0v) is 10.8. The number of carbonyl (C=O) groups excluding carboxylic acids is 1. The third-order valence-electron chi connectivity index (χ3n) is 2.94. The van der Waals surface area contributed by atoms with Crippen molar-refractivity contribution in [3.63, 3.8) is 0 Å². The van der Waals surface area contributed by atoms with E-state index in [1.165, 1.54) is 0 Å². The lowest BCUT2D eigenvalue weighted by Gasteiger charge is -2.25. The second-order valence-electron chi connectivity index (χ2n) is 4.11. The zero-order valence-electron chi connectivity index (χ0n) is 9.98. The first-order valence-electron chi connectivity index (χ1n) is 5.83. The summed E-state index contributed by atoms with van der Waals surface area (Å²) in [5, 5.41) is 12.2. The van der Waals surface area contributed by atoms with Crippen LogP contribution in [0, 0.1) is 0 Å². The Morgan fingerprint density at radius 1 is 1.16 bits per heavy atom. The summed E-state index contributed by atoms with van der Waals surface area (Å²) < 4.78 is 0. The molecule has 0 aromatic heterocycles. The number of benzene rings is 2. The number of nitrogens with one attached hydrogen (secondary N) is 1. The van der Waals surface area contributed by atoms with Gasteiger partial charge in [0.15, 0.2) is 5.50 Å². The number of hydrogen-bond acceptors (Lipinski definition) is 4. The first-order chi connectivity index (χ1) is 9.29. The number of rotatable bonds is 3. The van der Waals surface area contributed by atoms with Crippen LogP contribution in [-0.4, -0.2) is 17.0 Å². The van der Waals surface area contributed by atoms with Gasteiger partial charge < -0.3 is 15.3 Å². The van der Waals surface area contributed by atoms with Crippen LogP contribution in [0.1, 0.15) is 0 Å². The number of phenols is 1. The van der Waals surface area contributed by atoms with Crippen molar-refractivity contribution in [3.05, 3.63) is 48.5 Å². The van der Waals surface area contributed by atoms with Crippen molar-refractivity contribution in [2.45, 2.75) is 10.4 Å². The maximum Gasteiger partial charge on any atom is 0.209 e. The maximum absolute atomic E-state index is 10.8. The molecule has 2 aromatic rings. The Bertz CT molecular complexity index is 601. The van der Waals surface area contributed by atoms with Crippen LogP contribution in [0.4, 0.5) is 11.4 Å². The fraction of sp³-hybridized carbons (Fsp3) is 0.0714. The number of aromatic hydroxyl groups is 1. The molecule has 0 saturated carbocycles. The Morgan fingerprint density at radius 2 is 1.89 bits per heavy atom. The predicted octanol–water partition coefficient (Wildman–Crippen LogP) is 2.67. The van der Waals surface area contributed by atoms with Crippen molar-refractivity contribution < 1.29 is 9.90 Å². The van der Waals surface area contributed by atoms with E-state index < -0.39 is 0 Å². The summed E-state index contributed by atoms with van der Waals surface area (Å²) >= 11 is 1.59. The van der Waals surface area contributed by atoms with Crippen LogP contribution in [-0.2, 0) is 4.79 Å². The first kappa shape index (κ1) is 11.9. The van der Waals surface area contributed by atoms with E-state index in [-0.39, 0.29) is 11.2 Å². The normalized spacial score (nSPS) is 17.1. The van der Waals surface area contributed by atoms with Gasteiger partial charge in [-0.1, -0.05) is 23.9 Å². The van der Waals surface area contributed by atoms with Crippen molar-refractivity contribution in [1.29, 1.82) is 0 Å². The molecule has 1 heterocycles. The summed E-state index contributed by atoms with van der Waals surface area (Å²) in [7, 11) is 0. The van der Waals surface area contributed by atoms with Crippen LogP contribution < -0.4 is 10.2 Å². The highest BCUT2D eigenvalue weighted by atomic mass is 32.2. The van der Waals surface area contributed by atoms with E-state index in [2.05, 4.69) is 5.32 Å². The summed E-state index contributed by atoms with van der Waals surface area (Å²) in [4.78, 5) is 13.9. The number of para-hydroxylation sites is 1. The highest BCUT2D eigenvalue weighted by molar-refractivity contribution is 8.00. The molecular weight excluding hydrogens is 260 g/mol. The van der Waals surface area contributed by atoms with E-state index in [0.29, 0.717) is 6.41 Å². The number of amides is 1. The van der Waals surface area contributed by atoms with Crippen LogP contribution in [0.3, 0.4) is 0 Å². The minimum absolute atomic E-state index is 0.167. The molecule has 1 aliphatic heterocycles. The molecule has 0 radical (unpaired) electrons. The van der Waals surface area contributed by atoms with Gasteiger partial charge in [-0.3, -0.25) is 4.79 Å². The Kier molecular flexibility index (Phi) is 3.05. The highest BCUT2D eigenvalue weighted by Gasteiger charge is 2.30. The average Bonchev–Trinajstić information content (AvgIpc) is 2.78. The summed E-state index contributed by atoms with van der Waals surface area (Å²) in [5.41, 5.74) is 1.81. The van der Waals surface area contributed by atoms with Gasteiger partial charge in [-0.25, -0.2) is 0 Å². The summed E-state index contributed by atoms with van der Waals surface area (Å²) in [6.07, 6.45) is 0.705. The van der Waals surface area contributed by atoms with Crippen LogP contribution >= 0.6 is 11.8 Å². The fourth-order valence-corrected chi connectivity index (χ4v) is 3.26. The van der Waals surface area contributed by atoms with Crippen LogP contribution in [0.5, 0.6) is 5.75 Å². The SMILES string of the molecule is O=CNC1Sc2ccccc2N1c1ccc(O)cc1. The molecule has 0 fully saturated rings. The average molecular weight is 272 g/mol. The van der Waals surface area contributed by atoms with Crippen molar-refractivity contribution in [2.75, 3.05) is 4.90 Å². The van der Waals surface area contributed by atoms with E-state index in [9.17, 15) is 9.90 Å². The van der Waals surface area contributed by atoms with Crippen molar-refractivity contribution in [1.82, 2.24) is 5.32 Å². The molecule has 0 aliphatic carbocycles. The Balaban J connectivity index is 2.04. The molecular formula is C14H12N2O2S. The number of thioether (sulfide) groups is 1. The standard InChI is InChI=1S/C14H12N2O2S/c17-9-15-14-16(10-5-7-11(18)8-6-10)12-3-1-2-4-13(12)19-14/h1-9,14,18H,(H,15,17). The quantitative estimate of drug-likeness (QED) is 0.843. The lowest BCUT2D eigenvalue weighted by Crippen LogP contribution is -2.36. The van der Waals surface area contributed by atoms with Gasteiger partial charge in [-0.2, -0.15) is 0 Å². The number of fused-ring (bicyclic) bond motifs is 1. The second-order valence-corrected chi connectivity index (χ2v) is 5.23. The lowest BCUT2D eigenvalue weighted by atomic mass is 10.2. The molecule has 0 spiro atoms. The van der Waals surface area contributed by atoms with Gasteiger partial charge in [0.2, 0.25) is 6.41 Å². The van der Waals surface area contributed by atoms with Crippen molar-refractivity contribution in [2.24, 2.45) is 0 Å². The van der Waals surface area contributed by atoms with E-state index in [4.69, 9.17) is 0 Å². The van der Waals surface area contributed by atoms with Gasteiger partial charge in [0, 0.05) is 10.6 Å². The highest BCUT2D eigenvalue weighted by Crippen LogP contribution is 2.46. The Hall–Kier alpha value is -2.14. The second kappa shape index (κ2) is 4.85. The lowest BCUT2D eigenvalue weighted by molar-refractivity contribution is -0.109. The third kappa shape index (κ3) is 2.13. The molecule has 2 N–H and O–H groups in total. The van der Waals surface area contributed by atoms with Crippen LogP contribution in [0.15, 0.2) is 53.4 Å². The molecule has 1 amide bonds. The molecule has 4 nitrogen and oxygen atoms in total. The predicted molar refractivity (Wildman–Crippen MR) is 75.5 cm³/mol. The monoisotopic (exact) mass is 272 g/mol.